The lowest BCUT2D eigenvalue weighted by Gasteiger charge is -1.95. The molecule has 0 saturated carbocycles. The van der Waals surface area contributed by atoms with Crippen molar-refractivity contribution >= 4 is 23.3 Å². The van der Waals surface area contributed by atoms with E-state index in [-0.39, 0.29) is 6.61 Å². The number of rotatable bonds is 3. The van der Waals surface area contributed by atoms with Crippen molar-refractivity contribution in [2.24, 2.45) is 0 Å². The minimum atomic E-state index is -0.611. The number of thiazole rings is 1. The molecule has 0 unspecified atom stereocenters. The third-order valence-corrected chi connectivity index (χ3v) is 2.42. The number of aromatic nitrogens is 1. The summed E-state index contributed by atoms with van der Waals surface area (Å²) in [6.45, 7) is 4.00. The van der Waals surface area contributed by atoms with Crippen LogP contribution in [0.15, 0.2) is 6.20 Å². The smallest absolute Gasteiger partial charge is 0.384 e. The van der Waals surface area contributed by atoms with E-state index in [1.54, 1.807) is 13.8 Å². The highest BCUT2D eigenvalue weighted by atomic mass is 32.1. The largest absolute Gasteiger partial charge is 0.462 e. The molecule has 0 aromatic carbocycles. The van der Waals surface area contributed by atoms with Gasteiger partial charge in [0.2, 0.25) is 0 Å². The van der Waals surface area contributed by atoms with Crippen molar-refractivity contribution < 1.29 is 19.1 Å². The van der Waals surface area contributed by atoms with E-state index in [1.807, 2.05) is 0 Å². The Kier molecular flexibility index (Phi) is 5.17. The second-order valence-corrected chi connectivity index (χ2v) is 3.75. The first-order valence-corrected chi connectivity index (χ1v) is 5.80. The molecule has 0 aliphatic rings. The maximum Gasteiger partial charge on any atom is 0.384 e. The molecule has 0 saturated heterocycles. The van der Waals surface area contributed by atoms with Crippen LogP contribution in [0.2, 0.25) is 0 Å². The zero-order chi connectivity index (χ0) is 12.7. The zero-order valence-electron chi connectivity index (χ0n) is 9.48. The van der Waals surface area contributed by atoms with E-state index in [4.69, 9.17) is 4.74 Å². The van der Waals surface area contributed by atoms with Crippen LogP contribution in [-0.4, -0.2) is 30.1 Å². The van der Waals surface area contributed by atoms with Crippen molar-refractivity contribution in [3.05, 3.63) is 16.1 Å². The summed E-state index contributed by atoms with van der Waals surface area (Å²) in [6, 6.07) is 0. The monoisotopic (exact) mass is 253 g/mol. The van der Waals surface area contributed by atoms with Gasteiger partial charge in [-0.25, -0.2) is 14.6 Å². The first-order chi connectivity index (χ1) is 8.17. The fourth-order valence-corrected chi connectivity index (χ4v) is 1.56. The van der Waals surface area contributed by atoms with Crippen LogP contribution in [0.25, 0.3) is 0 Å². The van der Waals surface area contributed by atoms with Crippen LogP contribution in [0.1, 0.15) is 28.5 Å². The van der Waals surface area contributed by atoms with Gasteiger partial charge in [-0.2, -0.15) is 0 Å². The highest BCUT2D eigenvalue weighted by Crippen LogP contribution is 2.12. The summed E-state index contributed by atoms with van der Waals surface area (Å²) >= 11 is 1.07. The maximum absolute atomic E-state index is 11.3. The normalized spacial score (nSPS) is 9.06. The fraction of sp³-hybridized carbons (Fsp3) is 0.364. The van der Waals surface area contributed by atoms with Crippen molar-refractivity contribution in [1.82, 2.24) is 4.98 Å². The SMILES string of the molecule is CCOC(=O)C#Cc1ncc(C(=O)OCC)s1. The molecule has 1 heterocycles. The molecule has 1 aromatic rings. The summed E-state index contributed by atoms with van der Waals surface area (Å²) in [7, 11) is 0. The molecule has 0 spiro atoms. The highest BCUT2D eigenvalue weighted by molar-refractivity contribution is 7.14. The van der Waals surface area contributed by atoms with Crippen LogP contribution < -0.4 is 0 Å². The molecule has 0 fully saturated rings. The van der Waals surface area contributed by atoms with E-state index in [0.717, 1.165) is 11.3 Å². The minimum absolute atomic E-state index is 0.277. The molecule has 0 radical (unpaired) electrons. The molecule has 0 N–H and O–H groups in total. The number of hydrogen-bond donors (Lipinski definition) is 0. The average Bonchev–Trinajstić information content (AvgIpc) is 2.76. The number of carbonyl (C=O) groups excluding carboxylic acids is 2. The standard InChI is InChI=1S/C11H11NO4S/c1-3-15-10(13)6-5-9-12-7-8(17-9)11(14)16-4-2/h7H,3-4H2,1-2H3. The Morgan fingerprint density at radius 2 is 2.06 bits per heavy atom. The summed E-state index contributed by atoms with van der Waals surface area (Å²) < 4.78 is 9.43. The predicted octanol–water partition coefficient (Wildman–Crippen LogP) is 1.23. The molecular formula is C11H11NO4S. The van der Waals surface area contributed by atoms with Crippen molar-refractivity contribution in [2.75, 3.05) is 13.2 Å². The van der Waals surface area contributed by atoms with Crippen LogP contribution in [0.3, 0.4) is 0 Å². The molecular weight excluding hydrogens is 242 g/mol. The molecule has 0 bridgehead atoms. The maximum atomic E-state index is 11.3. The molecule has 1 rings (SSSR count). The molecule has 0 amide bonds. The predicted molar refractivity (Wildman–Crippen MR) is 61.6 cm³/mol. The van der Waals surface area contributed by atoms with E-state index >= 15 is 0 Å². The third-order valence-electron chi connectivity index (χ3n) is 1.53. The third kappa shape index (κ3) is 4.25. The van der Waals surface area contributed by atoms with Crippen LogP contribution in [0.5, 0.6) is 0 Å². The van der Waals surface area contributed by atoms with E-state index in [0.29, 0.717) is 16.5 Å². The Morgan fingerprint density at radius 3 is 2.71 bits per heavy atom. The summed E-state index contributed by atoms with van der Waals surface area (Å²) in [5.41, 5.74) is 0. The summed E-state index contributed by atoms with van der Waals surface area (Å²) in [5, 5.41) is 0.376. The van der Waals surface area contributed by atoms with Gasteiger partial charge >= 0.3 is 11.9 Å². The molecule has 0 aliphatic heterocycles. The first kappa shape index (κ1) is 13.2. The Balaban J connectivity index is 2.68. The van der Waals surface area contributed by atoms with Crippen LogP contribution in [0.4, 0.5) is 0 Å². The molecule has 5 nitrogen and oxygen atoms in total. The molecule has 6 heteroatoms. The number of ether oxygens (including phenoxy) is 2. The summed E-state index contributed by atoms with van der Waals surface area (Å²) in [5.74, 6) is 3.74. The van der Waals surface area contributed by atoms with Crippen molar-refractivity contribution in [3.63, 3.8) is 0 Å². The van der Waals surface area contributed by atoms with E-state index in [1.165, 1.54) is 6.20 Å². The average molecular weight is 253 g/mol. The lowest BCUT2D eigenvalue weighted by molar-refractivity contribution is -0.136. The van der Waals surface area contributed by atoms with Crippen molar-refractivity contribution in [3.8, 4) is 11.8 Å². The lowest BCUT2D eigenvalue weighted by Crippen LogP contribution is -2.01. The molecule has 0 aliphatic carbocycles. The van der Waals surface area contributed by atoms with Crippen LogP contribution in [-0.2, 0) is 14.3 Å². The van der Waals surface area contributed by atoms with E-state index in [2.05, 4.69) is 21.6 Å². The zero-order valence-corrected chi connectivity index (χ0v) is 10.3. The van der Waals surface area contributed by atoms with Gasteiger partial charge in [0.05, 0.1) is 19.4 Å². The first-order valence-electron chi connectivity index (χ1n) is 4.99. The number of carbonyl (C=O) groups is 2. The van der Waals surface area contributed by atoms with Crippen LogP contribution >= 0.6 is 11.3 Å². The highest BCUT2D eigenvalue weighted by Gasteiger charge is 2.10. The van der Waals surface area contributed by atoms with Gasteiger partial charge in [0.1, 0.15) is 4.88 Å². The molecule has 90 valence electrons. The number of nitrogens with zero attached hydrogens (tertiary/aromatic N) is 1. The van der Waals surface area contributed by atoms with Gasteiger partial charge < -0.3 is 9.47 Å². The Morgan fingerprint density at radius 1 is 1.35 bits per heavy atom. The number of hydrogen-bond acceptors (Lipinski definition) is 6. The molecule has 1 aromatic heterocycles. The molecule has 17 heavy (non-hydrogen) atoms. The fourth-order valence-electron chi connectivity index (χ4n) is 0.900. The van der Waals surface area contributed by atoms with Gasteiger partial charge in [-0.05, 0) is 19.8 Å². The second kappa shape index (κ2) is 6.66. The quantitative estimate of drug-likeness (QED) is 0.599. The van der Waals surface area contributed by atoms with Gasteiger partial charge in [-0.15, -0.1) is 0 Å². The minimum Gasteiger partial charge on any atom is -0.462 e. The second-order valence-electron chi connectivity index (χ2n) is 2.72. The lowest BCUT2D eigenvalue weighted by atomic mass is 10.5. The topological polar surface area (TPSA) is 65.5 Å². The Labute approximate surface area is 103 Å². The van der Waals surface area contributed by atoms with Crippen molar-refractivity contribution in [2.45, 2.75) is 13.8 Å². The van der Waals surface area contributed by atoms with Gasteiger partial charge in [0, 0.05) is 5.92 Å². The van der Waals surface area contributed by atoms with Gasteiger partial charge in [-0.3, -0.25) is 0 Å². The van der Waals surface area contributed by atoms with Crippen LogP contribution in [0, 0.1) is 11.8 Å². The van der Waals surface area contributed by atoms with Crippen molar-refractivity contribution in [1.29, 1.82) is 0 Å². The Bertz CT molecular complexity index is 469. The Hall–Kier alpha value is -1.87. The number of esters is 2. The van der Waals surface area contributed by atoms with Gasteiger partial charge in [-0.1, -0.05) is 11.3 Å². The van der Waals surface area contributed by atoms with Gasteiger partial charge in [0.15, 0.2) is 5.01 Å². The van der Waals surface area contributed by atoms with Gasteiger partial charge in [0.25, 0.3) is 0 Å². The van der Waals surface area contributed by atoms with E-state index in [9.17, 15) is 9.59 Å². The summed E-state index contributed by atoms with van der Waals surface area (Å²) in [4.78, 5) is 26.5. The summed E-state index contributed by atoms with van der Waals surface area (Å²) in [6.07, 6.45) is 1.37. The molecule has 0 atom stereocenters. The van der Waals surface area contributed by atoms with E-state index < -0.39 is 11.9 Å².